The molecule has 0 aliphatic carbocycles. The minimum Gasteiger partial charge on any atom is -0.508 e. The highest BCUT2D eigenvalue weighted by atomic mass is 32.2. The van der Waals surface area contributed by atoms with Crippen molar-refractivity contribution < 1.29 is 9.52 Å². The summed E-state index contributed by atoms with van der Waals surface area (Å²) in [5.41, 5.74) is 1.70. The topological polar surface area (TPSA) is 81.2 Å². The number of fused-ring (bicyclic) bond motifs is 1. The summed E-state index contributed by atoms with van der Waals surface area (Å²) >= 11 is 1.48. The Morgan fingerprint density at radius 3 is 2.75 bits per heavy atom. The molecule has 0 radical (unpaired) electrons. The molecule has 7 heteroatoms. The van der Waals surface area contributed by atoms with Crippen LogP contribution in [-0.4, -0.2) is 19.9 Å². The minimum atomic E-state index is -0.453. The highest BCUT2D eigenvalue weighted by Crippen LogP contribution is 2.29. The third-order valence-corrected chi connectivity index (χ3v) is 5.25. The average molecular weight is 391 g/mol. The van der Waals surface area contributed by atoms with E-state index in [0.29, 0.717) is 17.9 Å². The van der Waals surface area contributed by atoms with E-state index in [1.54, 1.807) is 18.2 Å². The molecule has 0 saturated heterocycles. The van der Waals surface area contributed by atoms with Crippen molar-refractivity contribution >= 4 is 22.7 Å². The molecule has 4 rings (SSSR count). The number of rotatable bonds is 6. The number of hydrogen-bond acceptors (Lipinski definition) is 6. The molecule has 0 amide bonds. The average Bonchev–Trinajstić information content (AvgIpc) is 3.09. The van der Waals surface area contributed by atoms with Crippen LogP contribution in [0.5, 0.6) is 5.75 Å². The first-order valence-corrected chi connectivity index (χ1v) is 9.62. The van der Waals surface area contributed by atoms with Gasteiger partial charge in [-0.1, -0.05) is 48.2 Å². The van der Waals surface area contributed by atoms with E-state index in [1.807, 2.05) is 34.9 Å². The second-order valence-corrected chi connectivity index (χ2v) is 7.07. The number of benzene rings is 2. The van der Waals surface area contributed by atoms with Crippen LogP contribution in [0.15, 0.2) is 81.6 Å². The molecule has 4 aromatic rings. The lowest BCUT2D eigenvalue weighted by Crippen LogP contribution is -2.02. The van der Waals surface area contributed by atoms with Crippen molar-refractivity contribution in [2.75, 3.05) is 0 Å². The Labute approximate surface area is 165 Å². The number of phenolic OH excluding ortho intramolecular Hbond substituents is 1. The molecule has 0 atom stereocenters. The molecule has 2 aromatic carbocycles. The van der Waals surface area contributed by atoms with Gasteiger partial charge in [0.2, 0.25) is 0 Å². The Morgan fingerprint density at radius 1 is 1.14 bits per heavy atom. The van der Waals surface area contributed by atoms with Crippen molar-refractivity contribution in [1.82, 2.24) is 14.8 Å². The molecule has 0 saturated carbocycles. The summed E-state index contributed by atoms with van der Waals surface area (Å²) in [6, 6.07) is 16.1. The van der Waals surface area contributed by atoms with Gasteiger partial charge in [0.15, 0.2) is 11.0 Å². The van der Waals surface area contributed by atoms with Gasteiger partial charge < -0.3 is 9.52 Å². The largest absolute Gasteiger partial charge is 0.508 e. The zero-order chi connectivity index (χ0) is 19.5. The van der Waals surface area contributed by atoms with Gasteiger partial charge in [-0.05, 0) is 17.7 Å². The highest BCUT2D eigenvalue weighted by molar-refractivity contribution is 7.98. The molecule has 2 aromatic heterocycles. The number of nitrogens with zero attached hydrogens (tertiary/aromatic N) is 3. The summed E-state index contributed by atoms with van der Waals surface area (Å²) in [6.45, 7) is 4.40. The fourth-order valence-electron chi connectivity index (χ4n) is 2.97. The van der Waals surface area contributed by atoms with Crippen LogP contribution in [0.4, 0.5) is 0 Å². The molecule has 0 unspecified atom stereocenters. The minimum absolute atomic E-state index is 0.0543. The maximum absolute atomic E-state index is 11.9. The van der Waals surface area contributed by atoms with E-state index in [2.05, 4.69) is 16.8 Å². The van der Waals surface area contributed by atoms with Gasteiger partial charge in [0, 0.05) is 35.4 Å². The number of allylic oxidation sites excluding steroid dienone is 1. The van der Waals surface area contributed by atoms with Crippen LogP contribution < -0.4 is 5.63 Å². The Balaban J connectivity index is 1.68. The predicted molar refractivity (Wildman–Crippen MR) is 109 cm³/mol. The Bertz CT molecular complexity index is 1200. The molecule has 0 fully saturated rings. The number of hydrogen-bond donors (Lipinski definition) is 1. The predicted octanol–water partition coefficient (Wildman–Crippen LogP) is 4.24. The second-order valence-electron chi connectivity index (χ2n) is 6.13. The van der Waals surface area contributed by atoms with E-state index in [9.17, 15) is 9.90 Å². The quantitative estimate of drug-likeness (QED) is 0.301. The molecule has 2 heterocycles. The van der Waals surface area contributed by atoms with Crippen LogP contribution in [0.3, 0.4) is 0 Å². The Kier molecular flexibility index (Phi) is 4.99. The number of phenols is 1. The van der Waals surface area contributed by atoms with Gasteiger partial charge in [-0.15, -0.1) is 16.8 Å². The van der Waals surface area contributed by atoms with Gasteiger partial charge >= 0.3 is 5.63 Å². The van der Waals surface area contributed by atoms with Crippen LogP contribution in [0.25, 0.3) is 22.4 Å². The SMILES string of the molecule is C=CCn1c(SCc2cc(=O)oc3cc(O)ccc23)nnc1-c1ccccc1. The maximum Gasteiger partial charge on any atom is 0.336 e. The zero-order valence-corrected chi connectivity index (χ0v) is 15.7. The molecular formula is C21H17N3O3S. The van der Waals surface area contributed by atoms with Crippen LogP contribution in [0.2, 0.25) is 0 Å². The lowest BCUT2D eigenvalue weighted by Gasteiger charge is -2.08. The van der Waals surface area contributed by atoms with Crippen molar-refractivity contribution in [2.45, 2.75) is 17.5 Å². The van der Waals surface area contributed by atoms with Crippen LogP contribution in [0, 0.1) is 0 Å². The van der Waals surface area contributed by atoms with Crippen LogP contribution in [0.1, 0.15) is 5.56 Å². The molecule has 0 aliphatic heterocycles. The van der Waals surface area contributed by atoms with Crippen molar-refractivity contribution in [2.24, 2.45) is 0 Å². The van der Waals surface area contributed by atoms with Gasteiger partial charge in [0.25, 0.3) is 0 Å². The van der Waals surface area contributed by atoms with E-state index in [4.69, 9.17) is 4.42 Å². The first kappa shape index (κ1) is 18.1. The lowest BCUT2D eigenvalue weighted by atomic mass is 10.1. The van der Waals surface area contributed by atoms with Crippen molar-refractivity contribution in [3.05, 3.63) is 83.2 Å². The number of thioether (sulfide) groups is 1. The normalized spacial score (nSPS) is 11.0. The molecule has 28 heavy (non-hydrogen) atoms. The van der Waals surface area contributed by atoms with Crippen LogP contribution >= 0.6 is 11.8 Å². The van der Waals surface area contributed by atoms with Crippen molar-refractivity contribution in [3.63, 3.8) is 0 Å². The molecular weight excluding hydrogens is 374 g/mol. The van der Waals surface area contributed by atoms with Gasteiger partial charge in [-0.2, -0.15) is 0 Å². The first-order valence-electron chi connectivity index (χ1n) is 8.64. The highest BCUT2D eigenvalue weighted by Gasteiger charge is 2.15. The van der Waals surface area contributed by atoms with Crippen molar-refractivity contribution in [1.29, 1.82) is 0 Å². The molecule has 140 valence electrons. The Morgan fingerprint density at radius 2 is 1.96 bits per heavy atom. The summed E-state index contributed by atoms with van der Waals surface area (Å²) < 4.78 is 7.18. The van der Waals surface area contributed by atoms with Gasteiger partial charge in [-0.3, -0.25) is 4.57 Å². The van der Waals surface area contributed by atoms with E-state index in [-0.39, 0.29) is 5.75 Å². The number of aromatic nitrogens is 3. The van der Waals surface area contributed by atoms with Gasteiger partial charge in [-0.25, -0.2) is 4.79 Å². The Hall–Kier alpha value is -3.32. The van der Waals surface area contributed by atoms with Crippen molar-refractivity contribution in [3.8, 4) is 17.1 Å². The summed E-state index contributed by atoms with van der Waals surface area (Å²) in [5.74, 6) is 1.33. The van der Waals surface area contributed by atoms with E-state index < -0.39 is 5.63 Å². The summed E-state index contributed by atoms with van der Waals surface area (Å²) in [5, 5.41) is 19.8. The molecule has 6 nitrogen and oxygen atoms in total. The summed E-state index contributed by atoms with van der Waals surface area (Å²) in [7, 11) is 0. The van der Waals surface area contributed by atoms with Crippen LogP contribution in [-0.2, 0) is 12.3 Å². The number of aromatic hydroxyl groups is 1. The fourth-order valence-corrected chi connectivity index (χ4v) is 3.91. The molecule has 0 spiro atoms. The van der Waals surface area contributed by atoms with Gasteiger partial charge in [0.05, 0.1) is 0 Å². The third-order valence-electron chi connectivity index (χ3n) is 4.23. The summed E-state index contributed by atoms with van der Waals surface area (Å²) in [6.07, 6.45) is 1.80. The first-order chi connectivity index (χ1) is 13.7. The molecule has 1 N–H and O–H groups in total. The monoisotopic (exact) mass is 391 g/mol. The third kappa shape index (κ3) is 3.57. The van der Waals surface area contributed by atoms with E-state index >= 15 is 0 Å². The smallest absolute Gasteiger partial charge is 0.336 e. The molecule has 0 bridgehead atoms. The lowest BCUT2D eigenvalue weighted by molar-refractivity contribution is 0.473. The zero-order valence-electron chi connectivity index (χ0n) is 14.9. The van der Waals surface area contributed by atoms with Gasteiger partial charge in [0.1, 0.15) is 11.3 Å². The summed E-state index contributed by atoms with van der Waals surface area (Å²) in [4.78, 5) is 11.9. The maximum atomic E-state index is 11.9. The molecule has 0 aliphatic rings. The second kappa shape index (κ2) is 7.74. The van der Waals surface area contributed by atoms with E-state index in [1.165, 1.54) is 23.9 Å². The fraction of sp³-hybridized carbons (Fsp3) is 0.0952. The standard InChI is InChI=1S/C21H17N3O3S/c1-2-10-24-20(14-6-4-3-5-7-14)22-23-21(24)28-13-15-11-19(26)27-18-12-16(25)8-9-17(15)18/h2-9,11-12,25H,1,10,13H2. The van der Waals surface area contributed by atoms with E-state index in [0.717, 1.165) is 27.5 Å².